The van der Waals surface area contributed by atoms with Gasteiger partial charge in [0.1, 0.15) is 0 Å². The molecule has 1 N–H and O–H groups in total. The third-order valence-corrected chi connectivity index (χ3v) is 5.84. The fraction of sp³-hybridized carbons (Fsp3) is 0.269. The summed E-state index contributed by atoms with van der Waals surface area (Å²) < 4.78 is 0. The summed E-state index contributed by atoms with van der Waals surface area (Å²) in [6.45, 7) is 2.11. The topological polar surface area (TPSA) is 62.3 Å². The van der Waals surface area contributed by atoms with Crippen LogP contribution in [0.25, 0.3) is 11.1 Å². The number of amides is 2. The summed E-state index contributed by atoms with van der Waals surface area (Å²) in [7, 11) is 0. The number of piperidine rings is 1. The predicted molar refractivity (Wildman–Crippen MR) is 121 cm³/mol. The molecule has 0 unspecified atom stereocenters. The molecule has 31 heavy (non-hydrogen) atoms. The molecule has 0 atom stereocenters. The molecule has 0 radical (unpaired) electrons. The molecule has 1 aliphatic rings. The van der Waals surface area contributed by atoms with Gasteiger partial charge >= 0.3 is 0 Å². The molecule has 0 spiro atoms. The molecular weight excluding hydrogens is 386 g/mol. The average molecular weight is 414 g/mol. The molecule has 1 fully saturated rings. The second-order valence-corrected chi connectivity index (χ2v) is 8.02. The van der Waals surface area contributed by atoms with E-state index in [0.29, 0.717) is 24.4 Å². The monoisotopic (exact) mass is 413 g/mol. The van der Waals surface area contributed by atoms with Crippen LogP contribution < -0.4 is 5.32 Å². The van der Waals surface area contributed by atoms with E-state index in [0.717, 1.165) is 37.1 Å². The van der Waals surface area contributed by atoms with E-state index in [4.69, 9.17) is 0 Å². The Kier molecular flexibility index (Phi) is 6.72. The van der Waals surface area contributed by atoms with E-state index in [1.165, 1.54) is 5.56 Å². The number of aromatic nitrogens is 1. The van der Waals surface area contributed by atoms with Gasteiger partial charge in [0, 0.05) is 37.6 Å². The quantitative estimate of drug-likeness (QED) is 0.665. The molecule has 0 bridgehead atoms. The van der Waals surface area contributed by atoms with Crippen molar-refractivity contribution in [1.82, 2.24) is 15.2 Å². The van der Waals surface area contributed by atoms with Crippen LogP contribution in [0.3, 0.4) is 0 Å². The van der Waals surface area contributed by atoms with Crippen LogP contribution in [0.2, 0.25) is 0 Å². The highest BCUT2D eigenvalue weighted by Gasteiger charge is 2.23. The molecular formula is C26H27N3O2. The standard InChI is InChI=1S/C26H27N3O2/c30-25(18-20-6-8-23(9-7-20)22-4-2-1-3-5-22)28-19-21-12-16-29(17-13-21)26(31)24-10-14-27-15-11-24/h1-11,14-15,21H,12-13,16-19H2,(H,28,30). The van der Waals surface area contributed by atoms with Crippen LogP contribution in [0.4, 0.5) is 0 Å². The van der Waals surface area contributed by atoms with Crippen LogP contribution in [0.1, 0.15) is 28.8 Å². The highest BCUT2D eigenvalue weighted by atomic mass is 16.2. The Morgan fingerprint density at radius 3 is 2.19 bits per heavy atom. The summed E-state index contributed by atoms with van der Waals surface area (Å²) in [5.74, 6) is 0.512. The van der Waals surface area contributed by atoms with Gasteiger partial charge in [0.15, 0.2) is 0 Å². The number of nitrogens with one attached hydrogen (secondary N) is 1. The molecule has 2 amide bonds. The van der Waals surface area contributed by atoms with Gasteiger partial charge in [-0.2, -0.15) is 0 Å². The Balaban J connectivity index is 1.21. The Hall–Kier alpha value is -3.47. The normalized spacial score (nSPS) is 14.3. The minimum Gasteiger partial charge on any atom is -0.356 e. The van der Waals surface area contributed by atoms with E-state index in [9.17, 15) is 9.59 Å². The molecule has 2 heterocycles. The van der Waals surface area contributed by atoms with Crippen molar-refractivity contribution in [3.8, 4) is 11.1 Å². The van der Waals surface area contributed by atoms with Gasteiger partial charge in [-0.25, -0.2) is 0 Å². The molecule has 1 saturated heterocycles. The van der Waals surface area contributed by atoms with E-state index in [2.05, 4.69) is 34.6 Å². The summed E-state index contributed by atoms with van der Waals surface area (Å²) in [5, 5.41) is 3.07. The summed E-state index contributed by atoms with van der Waals surface area (Å²) in [6.07, 6.45) is 5.48. The van der Waals surface area contributed by atoms with Gasteiger partial charge in [0.25, 0.3) is 5.91 Å². The highest BCUT2D eigenvalue weighted by molar-refractivity contribution is 5.94. The van der Waals surface area contributed by atoms with Gasteiger partial charge in [-0.15, -0.1) is 0 Å². The van der Waals surface area contributed by atoms with Gasteiger partial charge in [-0.05, 0) is 47.6 Å². The maximum atomic E-state index is 12.5. The molecule has 1 aromatic heterocycles. The van der Waals surface area contributed by atoms with Crippen molar-refractivity contribution in [3.63, 3.8) is 0 Å². The minimum atomic E-state index is 0.0442. The lowest BCUT2D eigenvalue weighted by molar-refractivity contribution is -0.120. The van der Waals surface area contributed by atoms with E-state index in [1.807, 2.05) is 35.2 Å². The van der Waals surface area contributed by atoms with Crippen LogP contribution in [-0.2, 0) is 11.2 Å². The first-order valence-corrected chi connectivity index (χ1v) is 10.8. The number of pyridine rings is 1. The van der Waals surface area contributed by atoms with Crippen molar-refractivity contribution in [3.05, 3.63) is 90.3 Å². The van der Waals surface area contributed by atoms with Gasteiger partial charge in [0.05, 0.1) is 6.42 Å². The molecule has 0 saturated carbocycles. The molecule has 3 aromatic rings. The van der Waals surface area contributed by atoms with Crippen molar-refractivity contribution in [2.75, 3.05) is 19.6 Å². The second-order valence-electron chi connectivity index (χ2n) is 8.02. The first-order valence-electron chi connectivity index (χ1n) is 10.8. The number of nitrogens with zero attached hydrogens (tertiary/aromatic N) is 2. The van der Waals surface area contributed by atoms with Gasteiger partial charge in [-0.1, -0.05) is 54.6 Å². The number of carbonyl (C=O) groups excluding carboxylic acids is 2. The molecule has 5 heteroatoms. The largest absolute Gasteiger partial charge is 0.356 e. The molecule has 158 valence electrons. The lowest BCUT2D eigenvalue weighted by Crippen LogP contribution is -2.41. The maximum Gasteiger partial charge on any atom is 0.253 e. The highest BCUT2D eigenvalue weighted by Crippen LogP contribution is 2.20. The fourth-order valence-corrected chi connectivity index (χ4v) is 3.97. The molecule has 1 aliphatic heterocycles. The first-order chi connectivity index (χ1) is 15.2. The number of rotatable bonds is 6. The number of carbonyl (C=O) groups is 2. The Labute approximate surface area is 183 Å². The van der Waals surface area contributed by atoms with Crippen molar-refractivity contribution >= 4 is 11.8 Å². The summed E-state index contributed by atoms with van der Waals surface area (Å²) in [4.78, 5) is 30.8. The smallest absolute Gasteiger partial charge is 0.253 e. The predicted octanol–water partition coefficient (Wildman–Crippen LogP) is 3.96. The number of hydrogen-bond acceptors (Lipinski definition) is 3. The first kappa shape index (κ1) is 20.8. The lowest BCUT2D eigenvalue weighted by Gasteiger charge is -2.32. The van der Waals surface area contributed by atoms with Crippen molar-refractivity contribution < 1.29 is 9.59 Å². The van der Waals surface area contributed by atoms with Gasteiger partial charge in [-0.3, -0.25) is 14.6 Å². The van der Waals surface area contributed by atoms with Crippen LogP contribution in [0.5, 0.6) is 0 Å². The Bertz CT molecular complexity index is 996. The lowest BCUT2D eigenvalue weighted by atomic mass is 9.96. The number of likely N-dealkylation sites (tertiary alicyclic amines) is 1. The van der Waals surface area contributed by atoms with Crippen molar-refractivity contribution in [1.29, 1.82) is 0 Å². The van der Waals surface area contributed by atoms with E-state index in [1.54, 1.807) is 24.5 Å². The fourth-order valence-electron chi connectivity index (χ4n) is 3.97. The summed E-state index contributed by atoms with van der Waals surface area (Å²) in [6, 6.07) is 21.9. The van der Waals surface area contributed by atoms with E-state index in [-0.39, 0.29) is 11.8 Å². The third kappa shape index (κ3) is 5.57. The summed E-state index contributed by atoms with van der Waals surface area (Å²) >= 11 is 0. The van der Waals surface area contributed by atoms with Gasteiger partial charge < -0.3 is 10.2 Å². The maximum absolute atomic E-state index is 12.5. The minimum absolute atomic E-state index is 0.0442. The van der Waals surface area contributed by atoms with Crippen molar-refractivity contribution in [2.45, 2.75) is 19.3 Å². The molecule has 2 aromatic carbocycles. The van der Waals surface area contributed by atoms with Crippen LogP contribution in [0, 0.1) is 5.92 Å². The molecule has 5 nitrogen and oxygen atoms in total. The summed E-state index contributed by atoms with van der Waals surface area (Å²) in [5.41, 5.74) is 4.01. The Morgan fingerprint density at radius 1 is 0.871 bits per heavy atom. The van der Waals surface area contributed by atoms with Gasteiger partial charge in [0.2, 0.25) is 5.91 Å². The third-order valence-electron chi connectivity index (χ3n) is 5.84. The molecule has 4 rings (SSSR count). The Morgan fingerprint density at radius 2 is 1.52 bits per heavy atom. The SMILES string of the molecule is O=C(Cc1ccc(-c2ccccc2)cc1)NCC1CCN(C(=O)c2ccncc2)CC1. The number of benzene rings is 2. The number of hydrogen-bond donors (Lipinski definition) is 1. The van der Waals surface area contributed by atoms with Crippen LogP contribution in [-0.4, -0.2) is 41.3 Å². The zero-order valence-electron chi connectivity index (χ0n) is 17.5. The molecule has 0 aliphatic carbocycles. The second kappa shape index (κ2) is 10.0. The van der Waals surface area contributed by atoms with E-state index < -0.39 is 0 Å². The van der Waals surface area contributed by atoms with E-state index >= 15 is 0 Å². The van der Waals surface area contributed by atoms with Crippen LogP contribution in [0.15, 0.2) is 79.1 Å². The van der Waals surface area contributed by atoms with Crippen molar-refractivity contribution in [2.24, 2.45) is 5.92 Å². The zero-order chi connectivity index (χ0) is 21.5. The zero-order valence-corrected chi connectivity index (χ0v) is 17.5. The average Bonchev–Trinajstić information content (AvgIpc) is 2.84. The van der Waals surface area contributed by atoms with Crippen LogP contribution >= 0.6 is 0 Å².